The number of sulfonamides is 1. The molecular formula is C19H19FN4O2S. The van der Waals surface area contributed by atoms with Crippen molar-refractivity contribution in [1.29, 1.82) is 0 Å². The number of hydrogen-bond acceptors (Lipinski definition) is 4. The van der Waals surface area contributed by atoms with Crippen LogP contribution in [0.15, 0.2) is 47.9 Å². The summed E-state index contributed by atoms with van der Waals surface area (Å²) in [7, 11) is -3.99. The van der Waals surface area contributed by atoms with E-state index in [-0.39, 0.29) is 10.6 Å². The third-order valence-corrected chi connectivity index (χ3v) is 5.11. The molecule has 2 N–H and O–H groups in total. The number of aromatic nitrogens is 3. The van der Waals surface area contributed by atoms with Crippen LogP contribution in [0.1, 0.15) is 28.3 Å². The van der Waals surface area contributed by atoms with E-state index in [9.17, 15) is 12.8 Å². The lowest BCUT2D eigenvalue weighted by Crippen LogP contribution is -2.13. The van der Waals surface area contributed by atoms with Gasteiger partial charge in [-0.15, -0.1) is 5.10 Å². The van der Waals surface area contributed by atoms with E-state index in [4.69, 9.17) is 5.14 Å². The van der Waals surface area contributed by atoms with Crippen LogP contribution in [0, 0.1) is 19.7 Å². The molecule has 0 aliphatic carbocycles. The zero-order chi connectivity index (χ0) is 19.8. The molecule has 0 saturated heterocycles. The lowest BCUT2D eigenvalue weighted by atomic mass is 10.0. The Morgan fingerprint density at radius 1 is 1.22 bits per heavy atom. The van der Waals surface area contributed by atoms with Crippen LogP contribution < -0.4 is 5.14 Å². The van der Waals surface area contributed by atoms with Crippen LogP contribution in [0.2, 0.25) is 0 Å². The number of halogens is 1. The maximum absolute atomic E-state index is 14.6. The molecule has 0 bridgehead atoms. The van der Waals surface area contributed by atoms with E-state index in [1.807, 2.05) is 32.0 Å². The highest BCUT2D eigenvalue weighted by molar-refractivity contribution is 7.89. The quantitative estimate of drug-likeness (QED) is 0.730. The van der Waals surface area contributed by atoms with E-state index in [1.165, 1.54) is 22.9 Å². The van der Waals surface area contributed by atoms with Crippen molar-refractivity contribution >= 4 is 16.1 Å². The van der Waals surface area contributed by atoms with Crippen molar-refractivity contribution < 1.29 is 12.8 Å². The molecule has 0 saturated carbocycles. The monoisotopic (exact) mass is 386 g/mol. The average molecular weight is 386 g/mol. The van der Waals surface area contributed by atoms with Gasteiger partial charge in [-0.05, 0) is 49.2 Å². The molecule has 1 heterocycles. The molecule has 3 aromatic rings. The summed E-state index contributed by atoms with van der Waals surface area (Å²) < 4.78 is 38.8. The molecule has 0 atom stereocenters. The standard InChI is InChI=1S/C19H19FN4O2S/c1-4-18-22-19(10-14-9-12(2)5-6-13(14)3)24(23-18)17-8-7-15(11-16(17)20)27(21,25)26/h4-9,11H,1,10H2,2-3H3,(H2,21,25,26). The van der Waals surface area contributed by atoms with Gasteiger partial charge in [0.1, 0.15) is 17.3 Å². The number of nitrogens with zero attached hydrogens (tertiary/aromatic N) is 3. The summed E-state index contributed by atoms with van der Waals surface area (Å²) in [5.41, 5.74) is 3.32. The van der Waals surface area contributed by atoms with Crippen LogP contribution in [0.25, 0.3) is 11.8 Å². The molecular weight excluding hydrogens is 367 g/mol. The van der Waals surface area contributed by atoms with Gasteiger partial charge in [-0.3, -0.25) is 0 Å². The van der Waals surface area contributed by atoms with E-state index in [0.29, 0.717) is 18.1 Å². The van der Waals surface area contributed by atoms with E-state index in [2.05, 4.69) is 16.7 Å². The second-order valence-electron chi connectivity index (χ2n) is 6.27. The number of benzene rings is 2. The highest BCUT2D eigenvalue weighted by Crippen LogP contribution is 2.21. The number of primary sulfonamides is 1. The first-order valence-corrected chi connectivity index (χ1v) is 9.71. The van der Waals surface area contributed by atoms with Gasteiger partial charge in [0, 0.05) is 6.42 Å². The number of rotatable bonds is 5. The van der Waals surface area contributed by atoms with Gasteiger partial charge in [0.15, 0.2) is 5.82 Å². The highest BCUT2D eigenvalue weighted by atomic mass is 32.2. The van der Waals surface area contributed by atoms with Gasteiger partial charge in [-0.2, -0.15) is 0 Å². The third kappa shape index (κ3) is 3.96. The van der Waals surface area contributed by atoms with Gasteiger partial charge in [-0.25, -0.2) is 27.6 Å². The molecule has 1 aromatic heterocycles. The molecule has 8 heteroatoms. The number of nitrogens with two attached hydrogens (primary N) is 1. The Bertz CT molecular complexity index is 1140. The number of aryl methyl sites for hydroxylation is 2. The second kappa shape index (κ2) is 7.05. The van der Waals surface area contributed by atoms with Crippen molar-refractivity contribution in [3.05, 3.63) is 77.1 Å². The van der Waals surface area contributed by atoms with Crippen molar-refractivity contribution in [2.45, 2.75) is 25.2 Å². The summed E-state index contributed by atoms with van der Waals surface area (Å²) in [6.45, 7) is 7.64. The molecule has 0 amide bonds. The molecule has 2 aromatic carbocycles. The molecule has 140 valence electrons. The first-order chi connectivity index (χ1) is 12.7. The molecule has 0 aliphatic rings. The Morgan fingerprint density at radius 3 is 2.59 bits per heavy atom. The minimum atomic E-state index is -3.99. The topological polar surface area (TPSA) is 90.9 Å². The Kier molecular flexibility index (Phi) is 4.95. The van der Waals surface area contributed by atoms with Crippen LogP contribution in [0.4, 0.5) is 4.39 Å². The largest absolute Gasteiger partial charge is 0.238 e. The SMILES string of the molecule is C=Cc1nc(Cc2cc(C)ccc2C)n(-c2ccc(S(N)(=O)=O)cc2F)n1. The Labute approximate surface area is 157 Å². The third-order valence-electron chi connectivity index (χ3n) is 4.20. The van der Waals surface area contributed by atoms with Crippen molar-refractivity contribution in [3.63, 3.8) is 0 Å². The van der Waals surface area contributed by atoms with Crippen LogP contribution in [0.3, 0.4) is 0 Å². The van der Waals surface area contributed by atoms with Crippen LogP contribution >= 0.6 is 0 Å². The fourth-order valence-electron chi connectivity index (χ4n) is 2.75. The molecule has 0 fully saturated rings. The first-order valence-electron chi connectivity index (χ1n) is 8.16. The predicted octanol–water partition coefficient (Wildman–Crippen LogP) is 2.90. The number of hydrogen-bond donors (Lipinski definition) is 1. The van der Waals surface area contributed by atoms with Crippen molar-refractivity contribution in [1.82, 2.24) is 14.8 Å². The normalized spacial score (nSPS) is 11.6. The van der Waals surface area contributed by atoms with E-state index < -0.39 is 15.8 Å². The second-order valence-corrected chi connectivity index (χ2v) is 7.83. The van der Waals surface area contributed by atoms with Crippen LogP contribution in [-0.4, -0.2) is 23.2 Å². The fraction of sp³-hybridized carbons (Fsp3) is 0.158. The lowest BCUT2D eigenvalue weighted by molar-refractivity contribution is 0.587. The van der Waals surface area contributed by atoms with Crippen molar-refractivity contribution in [2.75, 3.05) is 0 Å². The average Bonchev–Trinajstić information content (AvgIpc) is 3.00. The van der Waals surface area contributed by atoms with Gasteiger partial charge in [0.2, 0.25) is 10.0 Å². The summed E-state index contributed by atoms with van der Waals surface area (Å²) in [4.78, 5) is 4.11. The van der Waals surface area contributed by atoms with Gasteiger partial charge < -0.3 is 0 Å². The Balaban J connectivity index is 2.10. The molecule has 3 rings (SSSR count). The zero-order valence-electron chi connectivity index (χ0n) is 15.0. The summed E-state index contributed by atoms with van der Waals surface area (Å²) in [6, 6.07) is 9.52. The van der Waals surface area contributed by atoms with E-state index in [1.54, 1.807) is 0 Å². The van der Waals surface area contributed by atoms with Crippen molar-refractivity contribution in [3.8, 4) is 5.69 Å². The maximum Gasteiger partial charge on any atom is 0.238 e. The summed E-state index contributed by atoms with van der Waals surface area (Å²) >= 11 is 0. The molecule has 0 aliphatic heterocycles. The smallest absolute Gasteiger partial charge is 0.225 e. The Hall–Kier alpha value is -2.84. The molecule has 0 unspecified atom stereocenters. The highest BCUT2D eigenvalue weighted by Gasteiger charge is 2.18. The fourth-order valence-corrected chi connectivity index (χ4v) is 3.28. The predicted molar refractivity (Wildman–Crippen MR) is 102 cm³/mol. The minimum absolute atomic E-state index is 0.0864. The van der Waals surface area contributed by atoms with E-state index in [0.717, 1.165) is 22.8 Å². The molecule has 27 heavy (non-hydrogen) atoms. The molecule has 6 nitrogen and oxygen atoms in total. The molecule has 0 spiro atoms. The van der Waals surface area contributed by atoms with E-state index >= 15 is 0 Å². The first kappa shape index (κ1) is 18.9. The van der Waals surface area contributed by atoms with Crippen LogP contribution in [0.5, 0.6) is 0 Å². The summed E-state index contributed by atoms with van der Waals surface area (Å²) in [5.74, 6) is 0.107. The Morgan fingerprint density at radius 2 is 1.96 bits per heavy atom. The van der Waals surface area contributed by atoms with Gasteiger partial charge in [-0.1, -0.05) is 30.3 Å². The van der Waals surface area contributed by atoms with Gasteiger partial charge in [0.25, 0.3) is 0 Å². The summed E-state index contributed by atoms with van der Waals surface area (Å²) in [6.07, 6.45) is 1.91. The van der Waals surface area contributed by atoms with Gasteiger partial charge >= 0.3 is 0 Å². The van der Waals surface area contributed by atoms with Gasteiger partial charge in [0.05, 0.1) is 4.90 Å². The lowest BCUT2D eigenvalue weighted by Gasteiger charge is -2.10. The summed E-state index contributed by atoms with van der Waals surface area (Å²) in [5, 5.41) is 9.33. The maximum atomic E-state index is 14.6. The van der Waals surface area contributed by atoms with Crippen molar-refractivity contribution in [2.24, 2.45) is 5.14 Å². The molecule has 0 radical (unpaired) electrons. The zero-order valence-corrected chi connectivity index (χ0v) is 15.8. The minimum Gasteiger partial charge on any atom is -0.225 e. The van der Waals surface area contributed by atoms with Crippen LogP contribution in [-0.2, 0) is 16.4 Å².